The van der Waals surface area contributed by atoms with Crippen LogP contribution in [0.4, 0.5) is 8.78 Å². The fourth-order valence-electron chi connectivity index (χ4n) is 1.17. The summed E-state index contributed by atoms with van der Waals surface area (Å²) in [6.45, 7) is 0. The van der Waals surface area contributed by atoms with E-state index in [1.54, 1.807) is 5.38 Å². The van der Waals surface area contributed by atoms with Gasteiger partial charge in [0, 0.05) is 5.38 Å². The van der Waals surface area contributed by atoms with Crippen LogP contribution in [0.1, 0.15) is 16.1 Å². The van der Waals surface area contributed by atoms with Crippen LogP contribution in [0.3, 0.4) is 0 Å². The molecule has 0 saturated heterocycles. The monoisotopic (exact) mass is 225 g/mol. The lowest BCUT2D eigenvalue weighted by molar-refractivity contribution is 0.102. The number of carbonyl (C=O) groups excluding carboxylic acids is 1. The summed E-state index contributed by atoms with van der Waals surface area (Å²) in [6.07, 6.45) is 0. The highest BCUT2D eigenvalue weighted by Crippen LogP contribution is 2.16. The Balaban J connectivity index is 2.51. The van der Waals surface area contributed by atoms with Crippen LogP contribution in [-0.2, 0) is 0 Å². The van der Waals surface area contributed by atoms with Crippen LogP contribution < -0.4 is 0 Å². The Bertz CT molecular complexity index is 476. The Morgan fingerprint density at radius 2 is 1.87 bits per heavy atom. The van der Waals surface area contributed by atoms with Crippen molar-refractivity contribution < 1.29 is 13.6 Å². The molecule has 15 heavy (non-hydrogen) atoms. The quantitative estimate of drug-likeness (QED) is 0.735. The standard InChI is InChI=1S/C10H5F2NOS/c11-6-2-1-3-7(12)9(6)10(14)8-4-5-15-13-8/h1-5H. The topological polar surface area (TPSA) is 30.0 Å². The van der Waals surface area contributed by atoms with Crippen LogP contribution in [0.2, 0.25) is 0 Å². The van der Waals surface area contributed by atoms with Gasteiger partial charge in [0.05, 0.1) is 5.56 Å². The van der Waals surface area contributed by atoms with E-state index in [1.165, 1.54) is 12.1 Å². The summed E-state index contributed by atoms with van der Waals surface area (Å²) in [5.41, 5.74) is -0.493. The molecule has 0 amide bonds. The largest absolute Gasteiger partial charge is 0.287 e. The predicted molar refractivity (Wildman–Crippen MR) is 51.9 cm³/mol. The van der Waals surface area contributed by atoms with E-state index in [9.17, 15) is 13.6 Å². The molecule has 0 aliphatic heterocycles. The minimum absolute atomic E-state index is 0.0593. The Morgan fingerprint density at radius 1 is 1.20 bits per heavy atom. The molecule has 0 aliphatic rings. The molecule has 0 radical (unpaired) electrons. The van der Waals surface area contributed by atoms with Crippen LogP contribution in [-0.4, -0.2) is 10.2 Å². The summed E-state index contributed by atoms with van der Waals surface area (Å²) >= 11 is 1.06. The number of rotatable bonds is 2. The maximum absolute atomic E-state index is 13.2. The number of benzene rings is 1. The highest BCUT2D eigenvalue weighted by molar-refractivity contribution is 7.03. The number of hydrogen-bond donors (Lipinski definition) is 0. The van der Waals surface area contributed by atoms with Crippen molar-refractivity contribution >= 4 is 17.3 Å². The first kappa shape index (κ1) is 9.92. The van der Waals surface area contributed by atoms with Gasteiger partial charge in [-0.25, -0.2) is 8.78 Å². The van der Waals surface area contributed by atoms with Crippen LogP contribution in [0, 0.1) is 11.6 Å². The summed E-state index contributed by atoms with van der Waals surface area (Å²) in [4.78, 5) is 11.6. The van der Waals surface area contributed by atoms with Gasteiger partial charge in [-0.2, -0.15) is 4.37 Å². The normalized spacial score (nSPS) is 10.3. The SMILES string of the molecule is O=C(c1ccsn1)c1c(F)cccc1F. The molecule has 0 N–H and O–H groups in total. The van der Waals surface area contributed by atoms with Gasteiger partial charge in [0.1, 0.15) is 17.3 Å². The molecule has 0 fully saturated rings. The molecule has 0 bridgehead atoms. The van der Waals surface area contributed by atoms with Crippen molar-refractivity contribution in [1.29, 1.82) is 0 Å². The summed E-state index contributed by atoms with van der Waals surface area (Å²) in [6, 6.07) is 4.73. The van der Waals surface area contributed by atoms with Gasteiger partial charge in [-0.3, -0.25) is 4.79 Å². The highest BCUT2D eigenvalue weighted by Gasteiger charge is 2.19. The molecular weight excluding hydrogens is 220 g/mol. The maximum atomic E-state index is 13.2. The lowest BCUT2D eigenvalue weighted by Crippen LogP contribution is -2.07. The third kappa shape index (κ3) is 1.78. The zero-order valence-corrected chi connectivity index (χ0v) is 8.22. The Morgan fingerprint density at radius 3 is 2.40 bits per heavy atom. The van der Waals surface area contributed by atoms with E-state index < -0.39 is 23.0 Å². The second kappa shape index (κ2) is 3.86. The molecule has 1 heterocycles. The Labute approximate surface area is 88.3 Å². The van der Waals surface area contributed by atoms with Gasteiger partial charge < -0.3 is 0 Å². The molecule has 0 spiro atoms. The molecule has 5 heteroatoms. The van der Waals surface area contributed by atoms with E-state index in [4.69, 9.17) is 0 Å². The number of carbonyl (C=O) groups is 1. The van der Waals surface area contributed by atoms with E-state index in [1.807, 2.05) is 0 Å². The van der Waals surface area contributed by atoms with Crippen molar-refractivity contribution in [1.82, 2.24) is 4.37 Å². The summed E-state index contributed by atoms with van der Waals surface area (Å²) < 4.78 is 30.1. The summed E-state index contributed by atoms with van der Waals surface area (Å²) in [5, 5.41) is 1.58. The lowest BCUT2D eigenvalue weighted by Gasteiger charge is -2.00. The smallest absolute Gasteiger partial charge is 0.218 e. The van der Waals surface area contributed by atoms with Crippen molar-refractivity contribution in [3.8, 4) is 0 Å². The Kier molecular flexibility index (Phi) is 2.55. The third-order valence-corrected chi connectivity index (χ3v) is 2.42. The lowest BCUT2D eigenvalue weighted by atomic mass is 10.1. The number of hydrogen-bond acceptors (Lipinski definition) is 3. The molecule has 0 atom stereocenters. The Hall–Kier alpha value is -1.62. The molecule has 0 unspecified atom stereocenters. The second-order valence-electron chi connectivity index (χ2n) is 2.81. The van der Waals surface area contributed by atoms with Crippen molar-refractivity contribution in [2.24, 2.45) is 0 Å². The number of halogens is 2. The van der Waals surface area contributed by atoms with E-state index in [-0.39, 0.29) is 5.69 Å². The molecule has 0 aliphatic carbocycles. The molecule has 2 rings (SSSR count). The van der Waals surface area contributed by atoms with Gasteiger partial charge in [-0.05, 0) is 29.7 Å². The molecule has 76 valence electrons. The van der Waals surface area contributed by atoms with Gasteiger partial charge in [-0.1, -0.05) is 6.07 Å². The first-order valence-electron chi connectivity index (χ1n) is 4.09. The molecular formula is C10H5F2NOS. The predicted octanol–water partition coefficient (Wildman–Crippen LogP) is 2.65. The van der Waals surface area contributed by atoms with Crippen LogP contribution in [0.15, 0.2) is 29.6 Å². The van der Waals surface area contributed by atoms with Crippen molar-refractivity contribution in [3.63, 3.8) is 0 Å². The van der Waals surface area contributed by atoms with Gasteiger partial charge >= 0.3 is 0 Å². The highest BCUT2D eigenvalue weighted by atomic mass is 32.1. The van der Waals surface area contributed by atoms with E-state index in [2.05, 4.69) is 4.37 Å². The summed E-state index contributed by atoms with van der Waals surface area (Å²) in [7, 11) is 0. The number of aromatic nitrogens is 1. The molecule has 0 saturated carbocycles. The molecule has 1 aromatic heterocycles. The van der Waals surface area contributed by atoms with Crippen molar-refractivity contribution in [2.75, 3.05) is 0 Å². The number of nitrogens with zero attached hydrogens (tertiary/aromatic N) is 1. The number of ketones is 1. The molecule has 2 nitrogen and oxygen atoms in total. The average molecular weight is 225 g/mol. The third-order valence-electron chi connectivity index (χ3n) is 1.86. The van der Waals surface area contributed by atoms with Gasteiger partial charge in [0.2, 0.25) is 5.78 Å². The zero-order chi connectivity index (χ0) is 10.8. The van der Waals surface area contributed by atoms with Gasteiger partial charge in [0.15, 0.2) is 0 Å². The van der Waals surface area contributed by atoms with Gasteiger partial charge in [-0.15, -0.1) is 0 Å². The van der Waals surface area contributed by atoms with Crippen LogP contribution in [0.25, 0.3) is 0 Å². The summed E-state index contributed by atoms with van der Waals surface area (Å²) in [5.74, 6) is -2.46. The zero-order valence-electron chi connectivity index (χ0n) is 7.41. The second-order valence-corrected chi connectivity index (χ2v) is 3.48. The van der Waals surface area contributed by atoms with Crippen molar-refractivity contribution in [2.45, 2.75) is 0 Å². The molecule has 1 aromatic carbocycles. The van der Waals surface area contributed by atoms with E-state index >= 15 is 0 Å². The van der Waals surface area contributed by atoms with Gasteiger partial charge in [0.25, 0.3) is 0 Å². The first-order valence-corrected chi connectivity index (χ1v) is 4.93. The molecule has 2 aromatic rings. The van der Waals surface area contributed by atoms with Crippen LogP contribution in [0.5, 0.6) is 0 Å². The van der Waals surface area contributed by atoms with E-state index in [0.29, 0.717) is 0 Å². The van der Waals surface area contributed by atoms with Crippen molar-refractivity contribution in [3.05, 3.63) is 52.5 Å². The van der Waals surface area contributed by atoms with E-state index in [0.717, 1.165) is 23.7 Å². The maximum Gasteiger partial charge on any atom is 0.218 e. The minimum atomic E-state index is -0.868. The average Bonchev–Trinajstić information content (AvgIpc) is 2.69. The fraction of sp³-hybridized carbons (Fsp3) is 0. The fourth-order valence-corrected chi connectivity index (χ4v) is 1.68. The minimum Gasteiger partial charge on any atom is -0.287 e. The van der Waals surface area contributed by atoms with Crippen LogP contribution >= 0.6 is 11.5 Å². The first-order chi connectivity index (χ1) is 7.20.